The topological polar surface area (TPSA) is 32.5 Å². The van der Waals surface area contributed by atoms with Gasteiger partial charge in [-0.05, 0) is 35.4 Å². The van der Waals surface area contributed by atoms with Crippen molar-refractivity contribution in [1.82, 2.24) is 9.80 Å². The molecule has 0 bridgehead atoms. The largest absolute Gasteiger partial charge is 0.399 e. The van der Waals surface area contributed by atoms with Gasteiger partial charge >= 0.3 is 0 Å². The molecule has 0 spiro atoms. The van der Waals surface area contributed by atoms with Crippen LogP contribution >= 0.6 is 36.4 Å². The molecule has 1 aliphatic rings. The van der Waals surface area contributed by atoms with Crippen molar-refractivity contribution >= 4 is 42.1 Å². The van der Waals surface area contributed by atoms with Gasteiger partial charge in [0.1, 0.15) is 5.82 Å². The summed E-state index contributed by atoms with van der Waals surface area (Å²) in [6.45, 7) is 5.68. The maximum atomic E-state index is 13.1. The standard InChI is InChI=1S/C18H21ClFN3.2ClH/c19-18-11-16(20)5-4-15(18)13-23-8-6-22(7-9-23)12-14-2-1-3-17(21)10-14;;/h1-5,10-11H,6-9,12-13,21H2;2*1H. The Labute approximate surface area is 165 Å². The molecule has 1 saturated heterocycles. The Morgan fingerprint density at radius 2 is 1.56 bits per heavy atom. The molecule has 0 amide bonds. The molecule has 0 saturated carbocycles. The van der Waals surface area contributed by atoms with E-state index in [2.05, 4.69) is 15.9 Å². The smallest absolute Gasteiger partial charge is 0.124 e. The second-order valence-electron chi connectivity index (χ2n) is 6.03. The van der Waals surface area contributed by atoms with Crippen molar-refractivity contribution in [1.29, 1.82) is 0 Å². The zero-order chi connectivity index (χ0) is 16.2. The van der Waals surface area contributed by atoms with Crippen molar-refractivity contribution in [3.63, 3.8) is 0 Å². The lowest BCUT2D eigenvalue weighted by Gasteiger charge is -2.35. The van der Waals surface area contributed by atoms with Crippen LogP contribution in [0.3, 0.4) is 0 Å². The van der Waals surface area contributed by atoms with Crippen molar-refractivity contribution in [2.45, 2.75) is 13.1 Å². The third-order valence-electron chi connectivity index (χ3n) is 4.23. The summed E-state index contributed by atoms with van der Waals surface area (Å²) in [4.78, 5) is 4.78. The number of hydrogen-bond donors (Lipinski definition) is 1. The van der Waals surface area contributed by atoms with Gasteiger partial charge in [0, 0.05) is 50.0 Å². The van der Waals surface area contributed by atoms with Crippen LogP contribution in [0.4, 0.5) is 10.1 Å². The minimum absolute atomic E-state index is 0. The van der Waals surface area contributed by atoms with Gasteiger partial charge in [0.25, 0.3) is 0 Å². The van der Waals surface area contributed by atoms with Gasteiger partial charge in [-0.15, -0.1) is 24.8 Å². The van der Waals surface area contributed by atoms with E-state index in [1.54, 1.807) is 6.07 Å². The highest BCUT2D eigenvalue weighted by atomic mass is 35.5. The maximum Gasteiger partial charge on any atom is 0.124 e. The number of anilines is 1. The fourth-order valence-electron chi connectivity index (χ4n) is 2.95. The molecule has 1 aliphatic heterocycles. The highest BCUT2D eigenvalue weighted by Gasteiger charge is 2.18. The Kier molecular flexibility index (Phi) is 8.97. The summed E-state index contributed by atoms with van der Waals surface area (Å²) in [6, 6.07) is 12.7. The lowest BCUT2D eigenvalue weighted by atomic mass is 10.1. The number of rotatable bonds is 4. The molecule has 0 radical (unpaired) electrons. The molecule has 1 fully saturated rings. The fourth-order valence-corrected chi connectivity index (χ4v) is 3.17. The molecular weight excluding hydrogens is 384 g/mol. The highest BCUT2D eigenvalue weighted by molar-refractivity contribution is 6.31. The zero-order valence-corrected chi connectivity index (χ0v) is 16.2. The summed E-state index contributed by atoms with van der Waals surface area (Å²) in [5.41, 5.74) is 8.88. The molecule has 7 heteroatoms. The average Bonchev–Trinajstić information content (AvgIpc) is 2.52. The molecule has 3 nitrogen and oxygen atoms in total. The van der Waals surface area contributed by atoms with Crippen molar-refractivity contribution < 1.29 is 4.39 Å². The molecule has 0 unspecified atom stereocenters. The number of piperazine rings is 1. The molecule has 2 N–H and O–H groups in total. The van der Waals surface area contributed by atoms with E-state index >= 15 is 0 Å². The Hall–Kier alpha value is -1.04. The molecular formula is C18H23Cl3FN3. The van der Waals surface area contributed by atoms with Crippen molar-refractivity contribution in [2.75, 3.05) is 31.9 Å². The quantitative estimate of drug-likeness (QED) is 0.772. The summed E-state index contributed by atoms with van der Waals surface area (Å²) < 4.78 is 13.1. The summed E-state index contributed by atoms with van der Waals surface area (Å²) in [6.07, 6.45) is 0. The Morgan fingerprint density at radius 3 is 2.16 bits per heavy atom. The summed E-state index contributed by atoms with van der Waals surface area (Å²) >= 11 is 6.11. The SMILES string of the molecule is Cl.Cl.Nc1cccc(CN2CCN(Cc3ccc(F)cc3Cl)CC2)c1. The van der Waals surface area contributed by atoms with Crippen LogP contribution in [0.15, 0.2) is 42.5 Å². The van der Waals surface area contributed by atoms with Crippen LogP contribution in [0.1, 0.15) is 11.1 Å². The monoisotopic (exact) mass is 405 g/mol. The number of halogens is 4. The van der Waals surface area contributed by atoms with Gasteiger partial charge in [-0.25, -0.2) is 4.39 Å². The third kappa shape index (κ3) is 6.32. The summed E-state index contributed by atoms with van der Waals surface area (Å²) in [5.74, 6) is -0.286. The van der Waals surface area contributed by atoms with Crippen LogP contribution in [-0.4, -0.2) is 36.0 Å². The summed E-state index contributed by atoms with van der Waals surface area (Å²) in [7, 11) is 0. The Bertz CT molecular complexity index is 676. The van der Waals surface area contributed by atoms with Crippen LogP contribution in [0, 0.1) is 5.82 Å². The first-order valence-corrected chi connectivity index (χ1v) is 8.21. The number of benzene rings is 2. The van der Waals surface area contributed by atoms with E-state index in [9.17, 15) is 4.39 Å². The first-order valence-electron chi connectivity index (χ1n) is 7.83. The Balaban J connectivity index is 0.00000156. The average molecular weight is 407 g/mol. The van der Waals surface area contributed by atoms with Crippen molar-refractivity contribution in [3.05, 3.63) is 64.4 Å². The van der Waals surface area contributed by atoms with E-state index < -0.39 is 0 Å². The first kappa shape index (κ1) is 22.0. The summed E-state index contributed by atoms with van der Waals surface area (Å²) in [5, 5.41) is 0.507. The van der Waals surface area contributed by atoms with Crippen molar-refractivity contribution in [3.8, 4) is 0 Å². The van der Waals surface area contributed by atoms with Crippen LogP contribution < -0.4 is 5.73 Å². The number of nitrogens with zero attached hydrogens (tertiary/aromatic N) is 2. The predicted octanol–water partition coefficient (Wildman–Crippen LogP) is 4.22. The molecule has 3 rings (SSSR count). The number of nitrogens with two attached hydrogens (primary N) is 1. The molecule has 0 aliphatic carbocycles. The van der Waals surface area contributed by atoms with Crippen LogP contribution in [0.25, 0.3) is 0 Å². The van der Waals surface area contributed by atoms with E-state index in [-0.39, 0.29) is 30.6 Å². The number of hydrogen-bond acceptors (Lipinski definition) is 3. The second-order valence-corrected chi connectivity index (χ2v) is 6.44. The van der Waals surface area contributed by atoms with Gasteiger partial charge in [-0.2, -0.15) is 0 Å². The maximum absolute atomic E-state index is 13.1. The highest BCUT2D eigenvalue weighted by Crippen LogP contribution is 2.20. The molecule has 25 heavy (non-hydrogen) atoms. The van der Waals surface area contributed by atoms with Gasteiger partial charge in [0.15, 0.2) is 0 Å². The lowest BCUT2D eigenvalue weighted by molar-refractivity contribution is 0.122. The molecule has 2 aromatic carbocycles. The first-order chi connectivity index (χ1) is 11.1. The van der Waals surface area contributed by atoms with Gasteiger partial charge in [-0.3, -0.25) is 9.80 Å². The zero-order valence-electron chi connectivity index (χ0n) is 13.8. The van der Waals surface area contributed by atoms with Gasteiger partial charge < -0.3 is 5.73 Å². The van der Waals surface area contributed by atoms with E-state index in [1.807, 2.05) is 18.2 Å². The van der Waals surface area contributed by atoms with E-state index in [0.29, 0.717) is 5.02 Å². The van der Waals surface area contributed by atoms with Crippen LogP contribution in [0.2, 0.25) is 5.02 Å². The number of nitrogen functional groups attached to an aromatic ring is 1. The lowest BCUT2D eigenvalue weighted by Crippen LogP contribution is -2.45. The van der Waals surface area contributed by atoms with Crippen LogP contribution in [0.5, 0.6) is 0 Å². The Morgan fingerprint density at radius 1 is 0.920 bits per heavy atom. The minimum Gasteiger partial charge on any atom is -0.399 e. The molecule has 0 aromatic heterocycles. The van der Waals surface area contributed by atoms with E-state index in [1.165, 1.54) is 17.7 Å². The minimum atomic E-state index is -0.286. The third-order valence-corrected chi connectivity index (χ3v) is 4.58. The second kappa shape index (κ2) is 10.2. The van der Waals surface area contributed by atoms with Crippen molar-refractivity contribution in [2.24, 2.45) is 0 Å². The molecule has 138 valence electrons. The van der Waals surface area contributed by atoms with Crippen LogP contribution in [-0.2, 0) is 13.1 Å². The normalized spacial score (nSPS) is 15.3. The fraction of sp³-hybridized carbons (Fsp3) is 0.333. The van der Waals surface area contributed by atoms with Gasteiger partial charge in [-0.1, -0.05) is 29.8 Å². The predicted molar refractivity (Wildman–Crippen MR) is 107 cm³/mol. The van der Waals surface area contributed by atoms with E-state index in [0.717, 1.165) is 50.5 Å². The molecule has 1 heterocycles. The molecule has 2 aromatic rings. The van der Waals surface area contributed by atoms with Gasteiger partial charge in [0.05, 0.1) is 0 Å². The molecule has 0 atom stereocenters. The van der Waals surface area contributed by atoms with Gasteiger partial charge in [0.2, 0.25) is 0 Å². The van der Waals surface area contributed by atoms with E-state index in [4.69, 9.17) is 17.3 Å².